The Morgan fingerprint density at radius 3 is 2.75 bits per heavy atom. The number of nitrogens with one attached hydrogen (secondary N) is 2. The topological polar surface area (TPSA) is 49.8 Å². The van der Waals surface area contributed by atoms with Crippen molar-refractivity contribution in [3.8, 4) is 0 Å². The molecule has 2 aromatic rings. The van der Waals surface area contributed by atoms with Gasteiger partial charge in [-0.05, 0) is 28.9 Å². The van der Waals surface area contributed by atoms with Crippen molar-refractivity contribution < 1.29 is 8.78 Å². The molecule has 8 heteroatoms. The van der Waals surface area contributed by atoms with Gasteiger partial charge in [0.25, 0.3) is 0 Å². The first-order chi connectivity index (χ1) is 9.51. The van der Waals surface area contributed by atoms with Crippen LogP contribution in [0.25, 0.3) is 0 Å². The van der Waals surface area contributed by atoms with E-state index in [1.807, 2.05) is 6.92 Å². The first kappa shape index (κ1) is 14.9. The zero-order chi connectivity index (χ0) is 14.7. The summed E-state index contributed by atoms with van der Waals surface area (Å²) in [5.41, 5.74) is -0.0613. The summed E-state index contributed by atoms with van der Waals surface area (Å²) in [4.78, 5) is 8.04. The molecule has 0 radical (unpaired) electrons. The maximum Gasteiger partial charge on any atom is 0.224 e. The van der Waals surface area contributed by atoms with Crippen molar-refractivity contribution in [2.45, 2.75) is 6.92 Å². The number of halogens is 4. The lowest BCUT2D eigenvalue weighted by Crippen LogP contribution is -2.05. The van der Waals surface area contributed by atoms with Gasteiger partial charge in [-0.2, -0.15) is 4.98 Å². The average Bonchev–Trinajstić information content (AvgIpc) is 2.40. The van der Waals surface area contributed by atoms with Gasteiger partial charge in [0.1, 0.15) is 16.7 Å². The summed E-state index contributed by atoms with van der Waals surface area (Å²) in [5, 5.41) is 5.75. The van der Waals surface area contributed by atoms with Crippen LogP contribution in [0.4, 0.5) is 26.2 Å². The highest BCUT2D eigenvalue weighted by molar-refractivity contribution is 9.10. The molecule has 0 unspecified atom stereocenters. The number of hydrogen-bond donors (Lipinski definition) is 2. The van der Waals surface area contributed by atoms with Crippen molar-refractivity contribution in [3.63, 3.8) is 0 Å². The Hall–Kier alpha value is -1.47. The summed E-state index contributed by atoms with van der Waals surface area (Å²) in [6.45, 7) is 2.51. The lowest BCUT2D eigenvalue weighted by Gasteiger charge is -2.10. The Morgan fingerprint density at radius 1 is 1.30 bits per heavy atom. The van der Waals surface area contributed by atoms with Gasteiger partial charge in [0.05, 0.1) is 16.4 Å². The summed E-state index contributed by atoms with van der Waals surface area (Å²) in [7, 11) is 0. The molecule has 0 saturated heterocycles. The van der Waals surface area contributed by atoms with E-state index in [1.165, 1.54) is 6.20 Å². The fourth-order valence-corrected chi connectivity index (χ4v) is 1.90. The van der Waals surface area contributed by atoms with Crippen LogP contribution in [-0.4, -0.2) is 16.5 Å². The lowest BCUT2D eigenvalue weighted by atomic mass is 10.3. The van der Waals surface area contributed by atoms with Crippen LogP contribution in [0.15, 0.2) is 22.8 Å². The van der Waals surface area contributed by atoms with E-state index in [4.69, 9.17) is 11.6 Å². The molecule has 0 atom stereocenters. The molecule has 0 aliphatic carbocycles. The van der Waals surface area contributed by atoms with Gasteiger partial charge in [-0.15, -0.1) is 0 Å². The number of benzene rings is 1. The van der Waals surface area contributed by atoms with Crippen molar-refractivity contribution in [3.05, 3.63) is 39.5 Å². The fraction of sp³-hybridized carbons (Fsp3) is 0.167. The van der Waals surface area contributed by atoms with E-state index in [0.717, 1.165) is 12.1 Å². The normalized spacial score (nSPS) is 10.4. The predicted octanol–water partition coefficient (Wildman–Crippen LogP) is 4.35. The summed E-state index contributed by atoms with van der Waals surface area (Å²) < 4.78 is 27.2. The van der Waals surface area contributed by atoms with Gasteiger partial charge < -0.3 is 10.6 Å². The molecule has 0 bridgehead atoms. The molecule has 0 aliphatic heterocycles. The third kappa shape index (κ3) is 3.34. The number of rotatable bonds is 4. The van der Waals surface area contributed by atoms with Crippen LogP contribution in [0.3, 0.4) is 0 Å². The maximum absolute atomic E-state index is 13.7. The molecule has 106 valence electrons. The second kappa shape index (κ2) is 6.32. The zero-order valence-corrected chi connectivity index (χ0v) is 12.7. The standard InChI is InChI=1S/C12H10BrClF2N4/c1-2-17-12-18-5-7(14)11(20-12)19-10-4-8(15)6(13)3-9(10)16/h3-5H,2H2,1H3,(H2,17,18,19,20). The Morgan fingerprint density at radius 2 is 2.05 bits per heavy atom. The van der Waals surface area contributed by atoms with Crippen LogP contribution in [0.5, 0.6) is 0 Å². The van der Waals surface area contributed by atoms with Gasteiger partial charge >= 0.3 is 0 Å². The van der Waals surface area contributed by atoms with Gasteiger partial charge in [-0.3, -0.25) is 0 Å². The van der Waals surface area contributed by atoms with E-state index in [9.17, 15) is 8.78 Å². The number of nitrogens with zero attached hydrogens (tertiary/aromatic N) is 2. The Bertz CT molecular complexity index is 639. The van der Waals surface area contributed by atoms with Crippen molar-refractivity contribution >= 4 is 45.0 Å². The minimum Gasteiger partial charge on any atom is -0.354 e. The number of anilines is 3. The van der Waals surface area contributed by atoms with E-state index >= 15 is 0 Å². The molecule has 1 aromatic carbocycles. The van der Waals surface area contributed by atoms with E-state index in [2.05, 4.69) is 36.5 Å². The smallest absolute Gasteiger partial charge is 0.224 e. The third-order valence-electron chi connectivity index (χ3n) is 2.34. The van der Waals surface area contributed by atoms with Crippen molar-refractivity contribution in [1.82, 2.24) is 9.97 Å². The highest BCUT2D eigenvalue weighted by atomic mass is 79.9. The number of aromatic nitrogens is 2. The first-order valence-corrected chi connectivity index (χ1v) is 6.86. The molecule has 2 rings (SSSR count). The highest BCUT2D eigenvalue weighted by Crippen LogP contribution is 2.28. The van der Waals surface area contributed by atoms with Crippen molar-refractivity contribution in [2.24, 2.45) is 0 Å². The van der Waals surface area contributed by atoms with Gasteiger partial charge in [-0.1, -0.05) is 11.6 Å². The molecular formula is C12H10BrClF2N4. The fourth-order valence-electron chi connectivity index (χ4n) is 1.44. The molecule has 0 amide bonds. The van der Waals surface area contributed by atoms with Crippen LogP contribution in [0, 0.1) is 11.6 Å². The second-order valence-corrected chi connectivity index (χ2v) is 5.05. The van der Waals surface area contributed by atoms with Gasteiger partial charge in [0, 0.05) is 12.6 Å². The van der Waals surface area contributed by atoms with Gasteiger partial charge in [-0.25, -0.2) is 13.8 Å². The van der Waals surface area contributed by atoms with Crippen LogP contribution in [-0.2, 0) is 0 Å². The predicted molar refractivity (Wildman–Crippen MR) is 78.5 cm³/mol. The minimum atomic E-state index is -0.627. The molecule has 1 heterocycles. The van der Waals surface area contributed by atoms with Gasteiger partial charge in [0.15, 0.2) is 5.82 Å². The molecule has 2 N–H and O–H groups in total. The maximum atomic E-state index is 13.7. The molecular weight excluding hydrogens is 354 g/mol. The quantitative estimate of drug-likeness (QED) is 0.793. The lowest BCUT2D eigenvalue weighted by molar-refractivity contribution is 0.597. The van der Waals surface area contributed by atoms with Crippen LogP contribution in [0.2, 0.25) is 5.02 Å². The Kier molecular flexibility index (Phi) is 4.72. The van der Waals surface area contributed by atoms with Crippen LogP contribution in [0.1, 0.15) is 6.92 Å². The van der Waals surface area contributed by atoms with Crippen molar-refractivity contribution in [2.75, 3.05) is 17.2 Å². The average molecular weight is 364 g/mol. The molecule has 4 nitrogen and oxygen atoms in total. The number of hydrogen-bond acceptors (Lipinski definition) is 4. The third-order valence-corrected chi connectivity index (χ3v) is 3.23. The largest absolute Gasteiger partial charge is 0.354 e. The zero-order valence-electron chi connectivity index (χ0n) is 10.3. The summed E-state index contributed by atoms with van der Waals surface area (Å²) in [5.74, 6) is -0.681. The van der Waals surface area contributed by atoms with Gasteiger partial charge in [0.2, 0.25) is 5.95 Å². The summed E-state index contributed by atoms with van der Waals surface area (Å²) in [6, 6.07) is 2.04. The molecule has 0 fully saturated rings. The molecule has 0 spiro atoms. The SMILES string of the molecule is CCNc1ncc(Cl)c(Nc2cc(F)c(Br)cc2F)n1. The first-order valence-electron chi connectivity index (χ1n) is 5.69. The van der Waals surface area contributed by atoms with Crippen LogP contribution < -0.4 is 10.6 Å². The van der Waals surface area contributed by atoms with E-state index in [0.29, 0.717) is 12.5 Å². The van der Waals surface area contributed by atoms with Crippen LogP contribution >= 0.6 is 27.5 Å². The van der Waals surface area contributed by atoms with Crippen molar-refractivity contribution in [1.29, 1.82) is 0 Å². The van der Waals surface area contributed by atoms with E-state index < -0.39 is 11.6 Å². The minimum absolute atomic E-state index is 0.0441. The second-order valence-electron chi connectivity index (χ2n) is 3.79. The molecule has 0 saturated carbocycles. The molecule has 0 aliphatic rings. The van der Waals surface area contributed by atoms with E-state index in [1.54, 1.807) is 0 Å². The highest BCUT2D eigenvalue weighted by Gasteiger charge is 2.11. The van der Waals surface area contributed by atoms with E-state index in [-0.39, 0.29) is 21.0 Å². The molecule has 1 aromatic heterocycles. The monoisotopic (exact) mass is 362 g/mol. The Labute approximate surface area is 127 Å². The summed E-state index contributed by atoms with van der Waals surface area (Å²) in [6.07, 6.45) is 1.38. The Balaban J connectivity index is 2.34. The summed E-state index contributed by atoms with van der Waals surface area (Å²) >= 11 is 8.84. The molecule has 20 heavy (non-hydrogen) atoms.